The van der Waals surface area contributed by atoms with Crippen LogP contribution < -0.4 is 4.90 Å². The second-order valence-corrected chi connectivity index (χ2v) is 9.35. The van der Waals surface area contributed by atoms with Gasteiger partial charge in [0, 0.05) is 45.5 Å². The number of amidine groups is 1. The van der Waals surface area contributed by atoms with E-state index in [1.807, 2.05) is 31.2 Å². The molecule has 1 aliphatic carbocycles. The van der Waals surface area contributed by atoms with Gasteiger partial charge >= 0.3 is 0 Å². The van der Waals surface area contributed by atoms with E-state index in [9.17, 15) is 19.7 Å². The van der Waals surface area contributed by atoms with Crippen molar-refractivity contribution in [3.05, 3.63) is 117 Å². The SMILES string of the molecule is Cc1ccc(N2C(=N)/C(=C(/O)c3ccc(Cl)cc3)C(c3ccc(F)cc3)C3=C2CCCC3=O)cc1. The van der Waals surface area contributed by atoms with Gasteiger partial charge in [-0.05, 0) is 73.9 Å². The highest BCUT2D eigenvalue weighted by atomic mass is 35.5. The molecule has 3 aromatic carbocycles. The van der Waals surface area contributed by atoms with Gasteiger partial charge < -0.3 is 5.11 Å². The van der Waals surface area contributed by atoms with Crippen molar-refractivity contribution in [2.24, 2.45) is 0 Å². The Morgan fingerprint density at radius 3 is 2.31 bits per heavy atom. The highest BCUT2D eigenvalue weighted by Crippen LogP contribution is 2.47. The van der Waals surface area contributed by atoms with Crippen LogP contribution in [0.5, 0.6) is 0 Å². The van der Waals surface area contributed by atoms with Crippen LogP contribution in [0.2, 0.25) is 5.02 Å². The van der Waals surface area contributed by atoms with Crippen molar-refractivity contribution in [2.45, 2.75) is 32.1 Å². The number of Topliss-reactive ketones (excluding diaryl/α,β-unsaturated/α-hetero) is 1. The summed E-state index contributed by atoms with van der Waals surface area (Å²) in [6, 6.07) is 20.4. The fraction of sp³-hybridized carbons (Fsp3) is 0.172. The molecule has 3 aromatic rings. The summed E-state index contributed by atoms with van der Waals surface area (Å²) >= 11 is 6.06. The molecule has 0 saturated heterocycles. The molecule has 6 heteroatoms. The number of carbonyl (C=O) groups excluding carboxylic acids is 1. The summed E-state index contributed by atoms with van der Waals surface area (Å²) in [6.07, 6.45) is 1.70. The lowest BCUT2D eigenvalue weighted by molar-refractivity contribution is -0.116. The lowest BCUT2D eigenvalue weighted by Gasteiger charge is -2.41. The Morgan fingerprint density at radius 2 is 1.66 bits per heavy atom. The first-order valence-corrected chi connectivity index (χ1v) is 11.9. The zero-order valence-electron chi connectivity index (χ0n) is 19.2. The van der Waals surface area contributed by atoms with E-state index in [1.165, 1.54) is 12.1 Å². The van der Waals surface area contributed by atoms with Gasteiger partial charge in [-0.15, -0.1) is 0 Å². The van der Waals surface area contributed by atoms with E-state index in [2.05, 4.69) is 0 Å². The molecule has 1 aliphatic heterocycles. The molecule has 0 radical (unpaired) electrons. The minimum atomic E-state index is -0.691. The molecule has 0 aromatic heterocycles. The first-order valence-electron chi connectivity index (χ1n) is 11.5. The van der Waals surface area contributed by atoms with Crippen molar-refractivity contribution in [2.75, 3.05) is 4.90 Å². The summed E-state index contributed by atoms with van der Waals surface area (Å²) < 4.78 is 13.8. The second kappa shape index (κ2) is 9.16. The zero-order valence-corrected chi connectivity index (χ0v) is 19.9. The lowest BCUT2D eigenvalue weighted by Crippen LogP contribution is -2.42. The summed E-state index contributed by atoms with van der Waals surface area (Å²) in [5.74, 6) is -1.13. The molecule has 0 amide bonds. The van der Waals surface area contributed by atoms with Crippen LogP contribution in [0.3, 0.4) is 0 Å². The summed E-state index contributed by atoms with van der Waals surface area (Å²) in [6.45, 7) is 1.99. The monoisotopic (exact) mass is 486 g/mol. The van der Waals surface area contributed by atoms with Crippen molar-refractivity contribution in [3.63, 3.8) is 0 Å². The fourth-order valence-corrected chi connectivity index (χ4v) is 5.05. The van der Waals surface area contributed by atoms with Crippen molar-refractivity contribution in [1.82, 2.24) is 0 Å². The number of aliphatic hydroxyl groups is 1. The molecule has 2 N–H and O–H groups in total. The second-order valence-electron chi connectivity index (χ2n) is 8.91. The van der Waals surface area contributed by atoms with Crippen LogP contribution in [-0.2, 0) is 4.79 Å². The number of anilines is 1. The van der Waals surface area contributed by atoms with E-state index in [1.54, 1.807) is 41.3 Å². The van der Waals surface area contributed by atoms with Crippen LogP contribution in [-0.4, -0.2) is 16.7 Å². The van der Waals surface area contributed by atoms with Crippen molar-refractivity contribution < 1.29 is 14.3 Å². The number of nitrogens with one attached hydrogen (secondary N) is 1. The molecule has 5 rings (SSSR count). The maximum absolute atomic E-state index is 13.8. The predicted octanol–water partition coefficient (Wildman–Crippen LogP) is 7.34. The van der Waals surface area contributed by atoms with Crippen molar-refractivity contribution >= 4 is 34.7 Å². The average Bonchev–Trinajstić information content (AvgIpc) is 2.85. The molecule has 1 unspecified atom stereocenters. The van der Waals surface area contributed by atoms with Crippen molar-refractivity contribution in [3.8, 4) is 0 Å². The summed E-state index contributed by atoms with van der Waals surface area (Å²) in [5, 5.41) is 21.4. The van der Waals surface area contributed by atoms with E-state index in [0.29, 0.717) is 46.6 Å². The van der Waals surface area contributed by atoms with E-state index in [-0.39, 0.29) is 17.4 Å². The molecule has 35 heavy (non-hydrogen) atoms. The maximum atomic E-state index is 13.8. The minimum Gasteiger partial charge on any atom is -0.507 e. The van der Waals surface area contributed by atoms with Crippen LogP contribution in [0.25, 0.3) is 5.76 Å². The first kappa shape index (κ1) is 23.1. The van der Waals surface area contributed by atoms with Gasteiger partial charge in [-0.2, -0.15) is 0 Å². The van der Waals surface area contributed by atoms with Crippen LogP contribution in [0, 0.1) is 18.2 Å². The Hall–Kier alpha value is -3.70. The standard InChI is InChI=1S/C29H24ClFN2O2/c1-17-5-15-22(16-6-17)33-23-3-2-4-24(34)26(23)25(18-9-13-21(31)14-10-18)27(29(33)32)28(35)19-7-11-20(30)12-8-19/h5-16,25,32,35H,2-4H2,1H3/b28-27+,32-29?. The number of hydrogen-bond donors (Lipinski definition) is 2. The number of benzene rings is 3. The molecular weight excluding hydrogens is 463 g/mol. The van der Waals surface area contributed by atoms with Crippen LogP contribution >= 0.6 is 11.6 Å². The summed E-state index contributed by atoms with van der Waals surface area (Å²) in [4.78, 5) is 15.2. The average molecular weight is 487 g/mol. The largest absolute Gasteiger partial charge is 0.507 e. The highest BCUT2D eigenvalue weighted by Gasteiger charge is 2.43. The number of allylic oxidation sites excluding steroid dienone is 2. The van der Waals surface area contributed by atoms with Gasteiger partial charge in [0.15, 0.2) is 5.78 Å². The number of nitrogens with zero attached hydrogens (tertiary/aromatic N) is 1. The van der Waals surface area contributed by atoms with Crippen LogP contribution in [0.4, 0.5) is 10.1 Å². The van der Waals surface area contributed by atoms with Crippen molar-refractivity contribution in [1.29, 1.82) is 5.41 Å². The Bertz CT molecular complexity index is 1370. The maximum Gasteiger partial charge on any atom is 0.161 e. The van der Waals surface area contributed by atoms with Gasteiger partial charge in [0.1, 0.15) is 17.4 Å². The number of ketones is 1. The summed E-state index contributed by atoms with van der Waals surface area (Å²) in [5.41, 5.74) is 4.58. The van der Waals surface area contributed by atoms with Gasteiger partial charge in [-0.3, -0.25) is 15.1 Å². The third-order valence-electron chi connectivity index (χ3n) is 6.62. The van der Waals surface area contributed by atoms with Crippen LogP contribution in [0.15, 0.2) is 89.6 Å². The number of aliphatic hydroxyl groups excluding tert-OH is 1. The molecule has 0 bridgehead atoms. The topological polar surface area (TPSA) is 64.4 Å². The van der Waals surface area contributed by atoms with E-state index in [4.69, 9.17) is 11.6 Å². The molecule has 1 heterocycles. The molecule has 2 aliphatic rings. The highest BCUT2D eigenvalue weighted by molar-refractivity contribution is 6.30. The fourth-order valence-electron chi connectivity index (χ4n) is 4.92. The molecule has 0 saturated carbocycles. The minimum absolute atomic E-state index is 0.0217. The van der Waals surface area contributed by atoms with Gasteiger partial charge in [-0.25, -0.2) is 4.39 Å². The molecule has 0 spiro atoms. The van der Waals surface area contributed by atoms with E-state index in [0.717, 1.165) is 16.9 Å². The van der Waals surface area contributed by atoms with Crippen LogP contribution in [0.1, 0.15) is 41.9 Å². The Morgan fingerprint density at radius 1 is 1.00 bits per heavy atom. The molecule has 1 atom stereocenters. The summed E-state index contributed by atoms with van der Waals surface area (Å²) in [7, 11) is 0. The number of aryl methyl sites for hydroxylation is 1. The molecular formula is C29H24ClFN2O2. The number of rotatable bonds is 3. The predicted molar refractivity (Wildman–Crippen MR) is 137 cm³/mol. The third kappa shape index (κ3) is 4.17. The third-order valence-corrected chi connectivity index (χ3v) is 6.87. The normalized spacial score (nSPS) is 19.6. The van der Waals surface area contributed by atoms with Gasteiger partial charge in [-0.1, -0.05) is 41.4 Å². The number of carbonyl (C=O) groups is 1. The molecule has 0 fully saturated rings. The lowest BCUT2D eigenvalue weighted by atomic mass is 9.73. The number of hydrogen-bond acceptors (Lipinski definition) is 3. The van der Waals surface area contributed by atoms with E-state index < -0.39 is 11.7 Å². The molecule has 4 nitrogen and oxygen atoms in total. The smallest absolute Gasteiger partial charge is 0.161 e. The first-order chi connectivity index (χ1) is 16.8. The Labute approximate surface area is 208 Å². The van der Waals surface area contributed by atoms with Gasteiger partial charge in [0.2, 0.25) is 0 Å². The zero-order chi connectivity index (χ0) is 24.7. The van der Waals surface area contributed by atoms with E-state index >= 15 is 0 Å². The number of halogens is 2. The Balaban J connectivity index is 1.81. The van der Waals surface area contributed by atoms with Gasteiger partial charge in [0.25, 0.3) is 0 Å². The Kier molecular flexibility index (Phi) is 6.03. The quantitative estimate of drug-likeness (QED) is 0.380. The van der Waals surface area contributed by atoms with Gasteiger partial charge in [0.05, 0.1) is 0 Å². The molecule has 176 valence electrons.